The monoisotopic (exact) mass is 439 g/mol. The Balaban J connectivity index is 1.89. The van der Waals surface area contributed by atoms with Crippen LogP contribution in [0.3, 0.4) is 0 Å². The standard InChI is InChI=1S/C27H25.Zr/c1-20-9-6-14-24(17-20)27(25-15-7-10-21(2)18-25)26-16-8-13-23(26)19-22-11-4-3-5-12-22;/h3-15,17-18H,16,19H2,1-2H3;. The van der Waals surface area contributed by atoms with Gasteiger partial charge in [0.15, 0.2) is 0 Å². The molecule has 0 saturated heterocycles. The molecule has 0 aromatic heterocycles. The summed E-state index contributed by atoms with van der Waals surface area (Å²) in [4.78, 5) is 0. The average Bonchev–Trinajstić information content (AvgIpc) is 3.17. The van der Waals surface area contributed by atoms with E-state index < -0.39 is 0 Å². The first-order valence-electron chi connectivity index (χ1n) is 9.89. The molecule has 0 heterocycles. The third kappa shape index (κ3) is 3.78. The fourth-order valence-electron chi connectivity index (χ4n) is 4.20. The molecule has 0 bridgehead atoms. The summed E-state index contributed by atoms with van der Waals surface area (Å²) < 4.78 is -0.0433. The molecule has 1 aliphatic rings. The molecule has 4 rings (SSSR count). The number of hydrogen-bond donors (Lipinski definition) is 0. The van der Waals surface area contributed by atoms with E-state index in [4.69, 9.17) is 0 Å². The molecule has 0 nitrogen and oxygen atoms in total. The molecule has 0 atom stereocenters. The SMILES string of the molecule is Cc1cccc([C]([Zr])(C2=C(Cc3ccccc3)C=CC2)c2cccc(C)c2)c1. The van der Waals surface area contributed by atoms with Gasteiger partial charge in [-0.05, 0) is 0 Å². The van der Waals surface area contributed by atoms with Crippen LogP contribution >= 0.6 is 0 Å². The average molecular weight is 441 g/mol. The van der Waals surface area contributed by atoms with Crippen molar-refractivity contribution < 1.29 is 24.7 Å². The molecule has 0 spiro atoms. The van der Waals surface area contributed by atoms with Gasteiger partial charge in [0, 0.05) is 0 Å². The van der Waals surface area contributed by atoms with Crippen molar-refractivity contribution in [1.29, 1.82) is 0 Å². The van der Waals surface area contributed by atoms with Gasteiger partial charge in [-0.3, -0.25) is 0 Å². The number of benzene rings is 3. The summed E-state index contributed by atoms with van der Waals surface area (Å²) in [6, 6.07) is 29.0. The maximum atomic E-state index is 2.38. The van der Waals surface area contributed by atoms with Crippen LogP contribution in [0.25, 0.3) is 0 Å². The topological polar surface area (TPSA) is 0 Å². The molecular formula is C27H25Zr. The van der Waals surface area contributed by atoms with Crippen molar-refractivity contribution in [2.75, 3.05) is 0 Å². The van der Waals surface area contributed by atoms with Crippen molar-refractivity contribution in [2.24, 2.45) is 0 Å². The number of aryl methyl sites for hydroxylation is 2. The van der Waals surface area contributed by atoms with Gasteiger partial charge < -0.3 is 0 Å². The van der Waals surface area contributed by atoms with Gasteiger partial charge in [-0.2, -0.15) is 0 Å². The molecule has 0 saturated carbocycles. The molecule has 3 aromatic rings. The third-order valence-electron chi connectivity index (χ3n) is 5.62. The Labute approximate surface area is 183 Å². The second-order valence-electron chi connectivity index (χ2n) is 7.76. The van der Waals surface area contributed by atoms with Gasteiger partial charge in [0.25, 0.3) is 0 Å². The van der Waals surface area contributed by atoms with Crippen molar-refractivity contribution in [3.8, 4) is 0 Å². The van der Waals surface area contributed by atoms with Gasteiger partial charge in [0.2, 0.25) is 0 Å². The van der Waals surface area contributed by atoms with Crippen LogP contribution < -0.4 is 0 Å². The molecule has 0 amide bonds. The third-order valence-corrected chi connectivity index (χ3v) is 7.78. The molecule has 0 fully saturated rings. The minimum atomic E-state index is -0.0433. The Morgan fingerprint density at radius 3 is 1.96 bits per heavy atom. The van der Waals surface area contributed by atoms with E-state index in [2.05, 4.69) is 105 Å². The molecule has 1 heteroatoms. The van der Waals surface area contributed by atoms with Gasteiger partial charge in [0.05, 0.1) is 0 Å². The molecule has 0 aliphatic heterocycles. The second kappa shape index (κ2) is 8.18. The molecule has 1 aliphatic carbocycles. The number of hydrogen-bond acceptors (Lipinski definition) is 0. The normalized spacial score (nSPS) is 13.9. The zero-order valence-electron chi connectivity index (χ0n) is 16.6. The summed E-state index contributed by atoms with van der Waals surface area (Å²) >= 11 is 1.52. The van der Waals surface area contributed by atoms with Crippen LogP contribution in [0.15, 0.2) is 102 Å². The summed E-state index contributed by atoms with van der Waals surface area (Å²) in [6.07, 6.45) is 6.74. The maximum absolute atomic E-state index is 2.38. The van der Waals surface area contributed by atoms with Crippen LogP contribution in [0.2, 0.25) is 0 Å². The minimum absolute atomic E-state index is 0.0433. The Morgan fingerprint density at radius 2 is 1.39 bits per heavy atom. The Bertz CT molecular complexity index is 995. The van der Waals surface area contributed by atoms with Gasteiger partial charge in [-0.1, -0.05) is 0 Å². The number of allylic oxidation sites excluding steroid dienone is 4. The first-order chi connectivity index (χ1) is 13.6. The summed E-state index contributed by atoms with van der Waals surface area (Å²) in [5.74, 6) is 0. The van der Waals surface area contributed by atoms with Crippen molar-refractivity contribution >= 4 is 0 Å². The quantitative estimate of drug-likeness (QED) is 0.420. The van der Waals surface area contributed by atoms with Crippen molar-refractivity contribution in [3.63, 3.8) is 0 Å². The van der Waals surface area contributed by atoms with Crippen molar-refractivity contribution in [2.45, 2.75) is 29.8 Å². The summed E-state index contributed by atoms with van der Waals surface area (Å²) in [6.45, 7) is 4.39. The molecule has 0 unspecified atom stereocenters. The van der Waals surface area contributed by atoms with Crippen molar-refractivity contribution in [3.05, 3.63) is 130 Å². The summed E-state index contributed by atoms with van der Waals surface area (Å²) in [5.41, 5.74) is 9.91. The van der Waals surface area contributed by atoms with Crippen LogP contribution in [-0.4, -0.2) is 0 Å². The molecule has 28 heavy (non-hydrogen) atoms. The van der Waals surface area contributed by atoms with Gasteiger partial charge in [-0.15, -0.1) is 0 Å². The number of rotatable bonds is 5. The molecule has 0 radical (unpaired) electrons. The van der Waals surface area contributed by atoms with E-state index in [0.29, 0.717) is 0 Å². The van der Waals surface area contributed by atoms with E-state index in [1.54, 1.807) is 5.57 Å². The summed E-state index contributed by atoms with van der Waals surface area (Å²) in [7, 11) is 0. The van der Waals surface area contributed by atoms with Gasteiger partial charge in [0.1, 0.15) is 0 Å². The van der Waals surface area contributed by atoms with Crippen LogP contribution in [-0.2, 0) is 34.3 Å². The van der Waals surface area contributed by atoms with E-state index in [-0.39, 0.29) is 3.12 Å². The Kier molecular flexibility index (Phi) is 5.65. The zero-order chi connectivity index (χ0) is 19.6. The first kappa shape index (κ1) is 19.3. The molecule has 137 valence electrons. The van der Waals surface area contributed by atoms with Crippen LogP contribution in [0.4, 0.5) is 0 Å². The molecule has 3 aromatic carbocycles. The zero-order valence-corrected chi connectivity index (χ0v) is 19.0. The Hall–Kier alpha value is -1.98. The molecular weight excluding hydrogens is 416 g/mol. The molecule has 0 N–H and O–H groups in total. The van der Waals surface area contributed by atoms with Crippen LogP contribution in [0.5, 0.6) is 0 Å². The van der Waals surface area contributed by atoms with E-state index >= 15 is 0 Å². The first-order valence-corrected chi connectivity index (χ1v) is 11.1. The van der Waals surface area contributed by atoms with E-state index in [0.717, 1.165) is 12.8 Å². The predicted octanol–water partition coefficient (Wildman–Crippen LogP) is 6.59. The fourth-order valence-corrected chi connectivity index (χ4v) is 5.61. The Morgan fingerprint density at radius 1 is 0.786 bits per heavy atom. The van der Waals surface area contributed by atoms with Crippen LogP contribution in [0, 0.1) is 13.8 Å². The van der Waals surface area contributed by atoms with Gasteiger partial charge >= 0.3 is 185 Å². The van der Waals surface area contributed by atoms with Crippen LogP contribution in [0.1, 0.15) is 34.2 Å². The van der Waals surface area contributed by atoms with E-state index in [9.17, 15) is 0 Å². The fraction of sp³-hybridized carbons (Fsp3) is 0.185. The van der Waals surface area contributed by atoms with E-state index in [1.165, 1.54) is 58.1 Å². The van der Waals surface area contributed by atoms with Gasteiger partial charge in [-0.25, -0.2) is 0 Å². The van der Waals surface area contributed by atoms with E-state index in [1.807, 2.05) is 0 Å². The predicted molar refractivity (Wildman–Crippen MR) is 114 cm³/mol. The second-order valence-corrected chi connectivity index (χ2v) is 9.61. The van der Waals surface area contributed by atoms with Crippen molar-refractivity contribution in [1.82, 2.24) is 0 Å². The summed E-state index contributed by atoms with van der Waals surface area (Å²) in [5, 5.41) is 0.